The second-order valence-corrected chi connectivity index (χ2v) is 4.87. The van der Waals surface area contributed by atoms with Crippen molar-refractivity contribution in [1.82, 2.24) is 4.90 Å². The minimum Gasteiger partial charge on any atom is -0.492 e. The normalized spacial score (nSPS) is 15.2. The summed E-state index contributed by atoms with van der Waals surface area (Å²) in [6.07, 6.45) is 2.48. The molecule has 1 saturated heterocycles. The number of anilines is 1. The summed E-state index contributed by atoms with van der Waals surface area (Å²) >= 11 is 0. The van der Waals surface area contributed by atoms with Crippen molar-refractivity contribution in [2.24, 2.45) is 0 Å². The Labute approximate surface area is 119 Å². The molecule has 0 unspecified atom stereocenters. The van der Waals surface area contributed by atoms with Gasteiger partial charge in [-0.3, -0.25) is 4.90 Å². The molecule has 5 heteroatoms. The summed E-state index contributed by atoms with van der Waals surface area (Å²) in [5, 5.41) is 0. The molecule has 0 radical (unpaired) electrons. The van der Waals surface area contributed by atoms with Crippen LogP contribution in [0.15, 0.2) is 18.2 Å². The van der Waals surface area contributed by atoms with Gasteiger partial charge in [0.1, 0.15) is 12.4 Å². The molecule has 1 heterocycles. The molecule has 5 nitrogen and oxygen atoms in total. The standard InChI is InChI=1S/C15H22N2O3/c1-2-19-14-6-5-12(11-13(14)16)15(18)20-10-9-17-7-3-4-8-17/h5-6,11H,2-4,7-10,16H2,1H3. The maximum Gasteiger partial charge on any atom is 0.338 e. The van der Waals surface area contributed by atoms with Crippen molar-refractivity contribution in [3.05, 3.63) is 23.8 Å². The van der Waals surface area contributed by atoms with E-state index in [1.807, 2.05) is 6.92 Å². The molecule has 0 aliphatic carbocycles. The van der Waals surface area contributed by atoms with Crippen LogP contribution in [0.3, 0.4) is 0 Å². The molecule has 110 valence electrons. The van der Waals surface area contributed by atoms with Crippen LogP contribution >= 0.6 is 0 Å². The van der Waals surface area contributed by atoms with Gasteiger partial charge in [-0.1, -0.05) is 0 Å². The number of hydrogen-bond donors (Lipinski definition) is 1. The van der Waals surface area contributed by atoms with Crippen molar-refractivity contribution in [1.29, 1.82) is 0 Å². The van der Waals surface area contributed by atoms with Gasteiger partial charge < -0.3 is 15.2 Å². The molecule has 0 saturated carbocycles. The Bertz CT molecular complexity index is 456. The first kappa shape index (κ1) is 14.7. The highest BCUT2D eigenvalue weighted by molar-refractivity contribution is 5.91. The van der Waals surface area contributed by atoms with Gasteiger partial charge in [0.2, 0.25) is 0 Å². The third-order valence-electron chi connectivity index (χ3n) is 3.38. The van der Waals surface area contributed by atoms with E-state index < -0.39 is 0 Å². The van der Waals surface area contributed by atoms with Gasteiger partial charge in [-0.15, -0.1) is 0 Å². The molecule has 1 aromatic rings. The number of nitrogens with zero attached hydrogens (tertiary/aromatic N) is 1. The van der Waals surface area contributed by atoms with E-state index in [2.05, 4.69) is 4.90 Å². The second-order valence-electron chi connectivity index (χ2n) is 4.87. The second kappa shape index (κ2) is 7.14. The minimum absolute atomic E-state index is 0.334. The summed E-state index contributed by atoms with van der Waals surface area (Å²) in [5.41, 5.74) is 6.76. The highest BCUT2D eigenvalue weighted by Crippen LogP contribution is 2.22. The molecule has 0 spiro atoms. The molecule has 1 aliphatic heterocycles. The Morgan fingerprint density at radius 2 is 2.10 bits per heavy atom. The Morgan fingerprint density at radius 1 is 1.35 bits per heavy atom. The molecule has 0 amide bonds. The smallest absolute Gasteiger partial charge is 0.338 e. The molecule has 0 bridgehead atoms. The number of ether oxygens (including phenoxy) is 2. The largest absolute Gasteiger partial charge is 0.492 e. The number of esters is 1. The van der Waals surface area contributed by atoms with E-state index >= 15 is 0 Å². The van der Waals surface area contributed by atoms with Crippen LogP contribution < -0.4 is 10.5 Å². The van der Waals surface area contributed by atoms with Crippen molar-refractivity contribution in [3.63, 3.8) is 0 Å². The highest BCUT2D eigenvalue weighted by atomic mass is 16.5. The van der Waals surface area contributed by atoms with Crippen LogP contribution in [0.25, 0.3) is 0 Å². The fourth-order valence-electron chi connectivity index (χ4n) is 2.32. The minimum atomic E-state index is -0.334. The number of rotatable bonds is 6. The predicted octanol–water partition coefficient (Wildman–Crippen LogP) is 1.92. The summed E-state index contributed by atoms with van der Waals surface area (Å²) in [6.45, 7) is 5.87. The van der Waals surface area contributed by atoms with Crippen molar-refractivity contribution >= 4 is 11.7 Å². The number of nitrogen functional groups attached to an aromatic ring is 1. The zero-order valence-corrected chi connectivity index (χ0v) is 11.9. The van der Waals surface area contributed by atoms with Gasteiger partial charge in [0.15, 0.2) is 0 Å². The first-order valence-electron chi connectivity index (χ1n) is 7.12. The van der Waals surface area contributed by atoms with Gasteiger partial charge in [0.25, 0.3) is 0 Å². The summed E-state index contributed by atoms with van der Waals surface area (Å²) in [5.74, 6) is 0.264. The highest BCUT2D eigenvalue weighted by Gasteiger charge is 2.13. The Kier molecular flexibility index (Phi) is 5.24. The lowest BCUT2D eigenvalue weighted by Crippen LogP contribution is -2.25. The van der Waals surface area contributed by atoms with Crippen molar-refractivity contribution in [2.45, 2.75) is 19.8 Å². The lowest BCUT2D eigenvalue weighted by Gasteiger charge is -2.14. The van der Waals surface area contributed by atoms with E-state index in [0.29, 0.717) is 30.2 Å². The molecule has 0 aromatic heterocycles. The fourth-order valence-corrected chi connectivity index (χ4v) is 2.32. The first-order chi connectivity index (χ1) is 9.70. The third-order valence-corrected chi connectivity index (χ3v) is 3.38. The SMILES string of the molecule is CCOc1ccc(C(=O)OCCN2CCCC2)cc1N. The van der Waals surface area contributed by atoms with Gasteiger partial charge in [0, 0.05) is 6.54 Å². The maximum atomic E-state index is 11.9. The summed E-state index contributed by atoms with van der Waals surface area (Å²) < 4.78 is 10.6. The Balaban J connectivity index is 1.83. The molecule has 2 N–H and O–H groups in total. The van der Waals surface area contributed by atoms with Crippen molar-refractivity contribution in [3.8, 4) is 5.75 Å². The molecular weight excluding hydrogens is 256 g/mol. The molecule has 1 fully saturated rings. The summed E-state index contributed by atoms with van der Waals surface area (Å²) in [6, 6.07) is 4.98. The summed E-state index contributed by atoms with van der Waals surface area (Å²) in [7, 11) is 0. The van der Waals surface area contributed by atoms with Crippen LogP contribution in [-0.4, -0.2) is 43.7 Å². The van der Waals surface area contributed by atoms with Gasteiger partial charge in [-0.05, 0) is 51.1 Å². The van der Waals surface area contributed by atoms with Gasteiger partial charge in [0.05, 0.1) is 17.9 Å². The predicted molar refractivity (Wildman–Crippen MR) is 78.0 cm³/mol. The molecular formula is C15H22N2O3. The van der Waals surface area contributed by atoms with Gasteiger partial charge in [-0.25, -0.2) is 4.79 Å². The number of carbonyl (C=O) groups excluding carboxylic acids is 1. The maximum absolute atomic E-state index is 11.9. The average Bonchev–Trinajstić information content (AvgIpc) is 2.94. The number of nitrogens with two attached hydrogens (primary N) is 1. The number of likely N-dealkylation sites (tertiary alicyclic amines) is 1. The van der Waals surface area contributed by atoms with Gasteiger partial charge in [-0.2, -0.15) is 0 Å². The molecule has 2 rings (SSSR count). The number of carbonyl (C=O) groups is 1. The molecule has 1 aliphatic rings. The van der Waals surface area contributed by atoms with Crippen molar-refractivity contribution in [2.75, 3.05) is 38.6 Å². The Morgan fingerprint density at radius 3 is 2.75 bits per heavy atom. The van der Waals surface area contributed by atoms with Crippen LogP contribution in [0.1, 0.15) is 30.1 Å². The van der Waals surface area contributed by atoms with E-state index in [4.69, 9.17) is 15.2 Å². The van der Waals surface area contributed by atoms with E-state index in [1.165, 1.54) is 12.8 Å². The monoisotopic (exact) mass is 278 g/mol. The van der Waals surface area contributed by atoms with Crippen LogP contribution in [0.2, 0.25) is 0 Å². The third kappa shape index (κ3) is 3.87. The molecule has 1 aromatic carbocycles. The topological polar surface area (TPSA) is 64.8 Å². The van der Waals surface area contributed by atoms with E-state index in [9.17, 15) is 4.79 Å². The van der Waals surface area contributed by atoms with Crippen LogP contribution in [0.5, 0.6) is 5.75 Å². The number of hydrogen-bond acceptors (Lipinski definition) is 5. The van der Waals surface area contributed by atoms with E-state index in [0.717, 1.165) is 19.6 Å². The quantitative estimate of drug-likeness (QED) is 0.636. The molecule has 0 atom stereocenters. The lowest BCUT2D eigenvalue weighted by molar-refractivity contribution is 0.0472. The summed E-state index contributed by atoms with van der Waals surface area (Å²) in [4.78, 5) is 14.2. The zero-order chi connectivity index (χ0) is 14.4. The van der Waals surface area contributed by atoms with Crippen molar-refractivity contribution < 1.29 is 14.3 Å². The lowest BCUT2D eigenvalue weighted by atomic mass is 10.2. The van der Waals surface area contributed by atoms with Crippen LogP contribution in [0, 0.1) is 0 Å². The number of benzene rings is 1. The molecule has 20 heavy (non-hydrogen) atoms. The van der Waals surface area contributed by atoms with E-state index in [-0.39, 0.29) is 5.97 Å². The zero-order valence-electron chi connectivity index (χ0n) is 11.9. The van der Waals surface area contributed by atoms with Crippen LogP contribution in [0.4, 0.5) is 5.69 Å². The van der Waals surface area contributed by atoms with Gasteiger partial charge >= 0.3 is 5.97 Å². The van der Waals surface area contributed by atoms with E-state index in [1.54, 1.807) is 18.2 Å². The average molecular weight is 278 g/mol. The first-order valence-corrected chi connectivity index (χ1v) is 7.12. The Hall–Kier alpha value is -1.75. The van der Waals surface area contributed by atoms with Crippen LogP contribution in [-0.2, 0) is 4.74 Å². The fraction of sp³-hybridized carbons (Fsp3) is 0.533.